The fourth-order valence-corrected chi connectivity index (χ4v) is 4.51. The molecule has 3 aliphatic rings. The van der Waals surface area contributed by atoms with Gasteiger partial charge in [0.15, 0.2) is 0 Å². The van der Waals surface area contributed by atoms with Gasteiger partial charge < -0.3 is 40.9 Å². The predicted molar refractivity (Wildman–Crippen MR) is 116 cm³/mol. The first kappa shape index (κ1) is 23.3. The maximum Gasteiger partial charge on any atom is 0.434 e. The number of carbonyl (C=O) groups is 3. The van der Waals surface area contributed by atoms with E-state index in [1.54, 1.807) is 19.1 Å². The number of carbonyl (C=O) groups excluding carboxylic acids is 2. The highest BCUT2D eigenvalue weighted by atomic mass is 16.6. The first-order chi connectivity index (χ1) is 15.4. The summed E-state index contributed by atoms with van der Waals surface area (Å²) in [7, 11) is 1.47. The van der Waals surface area contributed by atoms with E-state index in [2.05, 4.69) is 10.6 Å². The molecule has 13 heteroatoms. The minimum Gasteiger partial charge on any atom is -0.669 e. The lowest BCUT2D eigenvalue weighted by molar-refractivity contribution is -0.130. The van der Waals surface area contributed by atoms with Crippen molar-refractivity contribution in [2.75, 3.05) is 33.2 Å². The van der Waals surface area contributed by atoms with Crippen molar-refractivity contribution >= 4 is 24.5 Å². The van der Waals surface area contributed by atoms with Crippen LogP contribution in [0.2, 0.25) is 5.82 Å². The van der Waals surface area contributed by atoms with E-state index >= 15 is 0 Å². The molecule has 1 saturated heterocycles. The van der Waals surface area contributed by atoms with Crippen LogP contribution in [0.3, 0.4) is 0 Å². The number of carboxylic acids is 1. The number of nitrogens with two attached hydrogens (primary N) is 1. The molecule has 2 aliphatic heterocycles. The molecule has 4 rings (SSSR count). The number of nitrogens with one attached hydrogen (secondary N) is 2. The number of likely N-dealkylation sites (N-methyl/N-ethyl adjacent to an activating group) is 1. The summed E-state index contributed by atoms with van der Waals surface area (Å²) in [6.07, 6.45) is 0.187. The van der Waals surface area contributed by atoms with E-state index in [4.69, 9.17) is 15.1 Å². The maximum atomic E-state index is 12.3. The number of carboxylic acid groups (broad SMARTS) is 1. The van der Waals surface area contributed by atoms with Gasteiger partial charge in [-0.15, -0.1) is 0 Å². The first-order valence-corrected chi connectivity index (χ1v) is 10.8. The molecule has 1 saturated carbocycles. The predicted octanol–water partition coefficient (Wildman–Crippen LogP) is -1.80. The van der Waals surface area contributed by atoms with E-state index in [9.17, 15) is 29.5 Å². The standard InChI is InChI=1S/C20H28BN4O8/c1-20(22,19(29)24-6-15(26)23-2)9-25-7-10(8-25)32-14-4-3-11-12-5-13(12)21(30,31)33-17(11)16(14)18(27)28/h3-4,10,12-13,30-31H,5-9,22H2,1-2H3,(H,23,26)(H,24,29)(H,27,28)/q-1/t12-,13-,20?/m1/s1. The number of nitrogens with zero attached hydrogens (tertiary/aromatic N) is 1. The van der Waals surface area contributed by atoms with Crippen molar-refractivity contribution in [3.63, 3.8) is 0 Å². The van der Waals surface area contributed by atoms with E-state index in [-0.39, 0.29) is 48.1 Å². The second kappa shape index (κ2) is 8.17. The molecule has 1 unspecified atom stereocenters. The van der Waals surface area contributed by atoms with Gasteiger partial charge in [0.1, 0.15) is 23.0 Å². The number of likely N-dealkylation sites (tertiary alicyclic amines) is 1. The largest absolute Gasteiger partial charge is 0.669 e. The Balaban J connectivity index is 1.38. The van der Waals surface area contributed by atoms with Crippen LogP contribution in [-0.4, -0.2) is 89.5 Å². The van der Waals surface area contributed by atoms with Crippen LogP contribution >= 0.6 is 0 Å². The third kappa shape index (κ3) is 4.49. The monoisotopic (exact) mass is 463 g/mol. The molecule has 33 heavy (non-hydrogen) atoms. The van der Waals surface area contributed by atoms with Crippen LogP contribution in [0.4, 0.5) is 0 Å². The number of ether oxygens (including phenoxy) is 1. The van der Waals surface area contributed by atoms with Crippen molar-refractivity contribution in [2.45, 2.75) is 36.7 Å². The zero-order valence-corrected chi connectivity index (χ0v) is 18.4. The van der Waals surface area contributed by atoms with Gasteiger partial charge in [-0.05, 0) is 24.5 Å². The summed E-state index contributed by atoms with van der Waals surface area (Å²) in [5.74, 6) is -2.61. The summed E-state index contributed by atoms with van der Waals surface area (Å²) in [6, 6.07) is 3.27. The number of hydrogen-bond donors (Lipinski definition) is 6. The van der Waals surface area contributed by atoms with Gasteiger partial charge in [-0.25, -0.2) is 4.79 Å². The Hall–Kier alpha value is -2.87. The molecule has 3 atom stereocenters. The second-order valence-electron chi connectivity index (χ2n) is 9.25. The Morgan fingerprint density at radius 3 is 2.67 bits per heavy atom. The molecule has 12 nitrogen and oxygen atoms in total. The Labute approximate surface area is 190 Å². The summed E-state index contributed by atoms with van der Waals surface area (Å²) in [4.78, 5) is 37.4. The highest BCUT2D eigenvalue weighted by molar-refractivity contribution is 6.62. The molecule has 0 spiro atoms. The van der Waals surface area contributed by atoms with Crippen LogP contribution in [0.15, 0.2) is 12.1 Å². The van der Waals surface area contributed by atoms with Crippen LogP contribution in [0.5, 0.6) is 11.5 Å². The van der Waals surface area contributed by atoms with E-state index in [0.29, 0.717) is 25.1 Å². The quantitative estimate of drug-likeness (QED) is 0.241. The zero-order valence-electron chi connectivity index (χ0n) is 18.4. The van der Waals surface area contributed by atoms with Crippen LogP contribution in [0.25, 0.3) is 0 Å². The third-order valence-electron chi connectivity index (χ3n) is 6.43. The smallest absolute Gasteiger partial charge is 0.434 e. The molecular formula is C20H28BN4O8-. The van der Waals surface area contributed by atoms with Gasteiger partial charge in [0, 0.05) is 26.7 Å². The molecule has 1 aromatic rings. The number of aromatic carboxylic acids is 1. The number of hydrogen-bond acceptors (Lipinski definition) is 9. The third-order valence-corrected chi connectivity index (χ3v) is 6.43. The average molecular weight is 463 g/mol. The Kier molecular flexibility index (Phi) is 5.77. The normalized spacial score (nSPS) is 24.8. The summed E-state index contributed by atoms with van der Waals surface area (Å²) in [6.45, 7) is -0.685. The van der Waals surface area contributed by atoms with E-state index in [0.717, 1.165) is 0 Å². The molecule has 2 amide bonds. The van der Waals surface area contributed by atoms with Gasteiger partial charge in [0.2, 0.25) is 11.8 Å². The number of fused-ring (bicyclic) bond motifs is 3. The fraction of sp³-hybridized carbons (Fsp3) is 0.550. The van der Waals surface area contributed by atoms with Crippen LogP contribution in [0.1, 0.15) is 35.2 Å². The molecule has 2 fully saturated rings. The van der Waals surface area contributed by atoms with Crippen molar-refractivity contribution in [2.24, 2.45) is 5.73 Å². The minimum atomic E-state index is -3.11. The van der Waals surface area contributed by atoms with Crippen molar-refractivity contribution < 1.29 is 38.9 Å². The van der Waals surface area contributed by atoms with Gasteiger partial charge in [-0.1, -0.05) is 18.3 Å². The number of benzene rings is 1. The molecule has 0 bridgehead atoms. The molecule has 7 N–H and O–H groups in total. The minimum absolute atomic E-state index is 0.0535. The Morgan fingerprint density at radius 1 is 1.33 bits per heavy atom. The topological polar surface area (TPSA) is 184 Å². The van der Waals surface area contributed by atoms with Crippen LogP contribution in [0, 0.1) is 0 Å². The lowest BCUT2D eigenvalue weighted by Crippen LogP contribution is -2.64. The van der Waals surface area contributed by atoms with E-state index in [1.807, 2.05) is 4.90 Å². The summed E-state index contributed by atoms with van der Waals surface area (Å²) in [5.41, 5.74) is 5.28. The zero-order chi connectivity index (χ0) is 24.1. The van der Waals surface area contributed by atoms with Gasteiger partial charge in [0.05, 0.1) is 12.3 Å². The maximum absolute atomic E-state index is 12.3. The van der Waals surface area contributed by atoms with Crippen molar-refractivity contribution in [1.29, 1.82) is 0 Å². The van der Waals surface area contributed by atoms with Crippen molar-refractivity contribution in [3.05, 3.63) is 23.3 Å². The summed E-state index contributed by atoms with van der Waals surface area (Å²) < 4.78 is 11.2. The van der Waals surface area contributed by atoms with Gasteiger partial charge in [0.25, 0.3) is 0 Å². The first-order valence-electron chi connectivity index (χ1n) is 10.8. The lowest BCUT2D eigenvalue weighted by atomic mass is 9.68. The van der Waals surface area contributed by atoms with Crippen LogP contribution in [-0.2, 0) is 9.59 Å². The van der Waals surface area contributed by atoms with Crippen LogP contribution < -0.4 is 25.8 Å². The lowest BCUT2D eigenvalue weighted by Gasteiger charge is -2.43. The summed E-state index contributed by atoms with van der Waals surface area (Å²) >= 11 is 0. The molecule has 180 valence electrons. The highest BCUT2D eigenvalue weighted by Crippen LogP contribution is 2.63. The molecule has 1 aromatic carbocycles. The van der Waals surface area contributed by atoms with Gasteiger partial charge >= 0.3 is 12.7 Å². The molecule has 1 aliphatic carbocycles. The average Bonchev–Trinajstić information content (AvgIpc) is 3.51. The van der Waals surface area contributed by atoms with Crippen molar-refractivity contribution in [1.82, 2.24) is 15.5 Å². The second-order valence-corrected chi connectivity index (χ2v) is 9.25. The Morgan fingerprint density at radius 2 is 2.03 bits per heavy atom. The molecular weight excluding hydrogens is 435 g/mol. The van der Waals surface area contributed by atoms with Crippen molar-refractivity contribution in [3.8, 4) is 11.5 Å². The molecule has 0 radical (unpaired) electrons. The molecule has 2 heterocycles. The van der Waals surface area contributed by atoms with E-state index < -0.39 is 30.0 Å². The SMILES string of the molecule is CNC(=O)CNC(=O)C(C)(N)CN1CC(Oc2ccc3c(c2C(=O)O)O[B-](O)(O)[C@@H]2C[C@H]32)C1. The fourth-order valence-electron chi connectivity index (χ4n) is 4.51. The number of rotatable bonds is 8. The van der Waals surface area contributed by atoms with Gasteiger partial charge in [-0.3, -0.25) is 14.5 Å². The highest BCUT2D eigenvalue weighted by Gasteiger charge is 2.55. The number of amides is 2. The van der Waals surface area contributed by atoms with E-state index in [1.165, 1.54) is 7.05 Å². The van der Waals surface area contributed by atoms with Gasteiger partial charge in [-0.2, -0.15) is 0 Å². The molecule has 0 aromatic heterocycles. The summed E-state index contributed by atoms with van der Waals surface area (Å²) in [5, 5.41) is 34.9. The Bertz CT molecular complexity index is 995.